The second-order valence-corrected chi connectivity index (χ2v) is 7.21. The van der Waals surface area contributed by atoms with Gasteiger partial charge in [0.05, 0.1) is 0 Å². The first kappa shape index (κ1) is 16.0. The highest BCUT2D eigenvalue weighted by Crippen LogP contribution is 2.36. The number of fused-ring (bicyclic) bond motifs is 2. The number of rotatable bonds is 2. The summed E-state index contributed by atoms with van der Waals surface area (Å²) in [5.41, 5.74) is 2.16. The van der Waals surface area contributed by atoms with E-state index in [4.69, 9.17) is 0 Å². The molecule has 2 atom stereocenters. The van der Waals surface area contributed by atoms with Gasteiger partial charge in [-0.15, -0.1) is 0 Å². The Morgan fingerprint density at radius 3 is 2.88 bits per heavy atom. The fraction of sp³-hybridized carbons (Fsp3) is 0.429. The van der Waals surface area contributed by atoms with Gasteiger partial charge in [-0.05, 0) is 43.7 Å². The minimum absolute atomic E-state index is 0.0932. The molecule has 4 rings (SSSR count). The molecule has 2 heterocycles. The van der Waals surface area contributed by atoms with Crippen LogP contribution in [0.2, 0.25) is 0 Å². The molecule has 1 aromatic carbocycles. The molecular weight excluding hydrogens is 310 g/mol. The summed E-state index contributed by atoms with van der Waals surface area (Å²) >= 11 is 0. The fourth-order valence-electron chi connectivity index (χ4n) is 4.54. The normalized spacial score (nSPS) is 24.0. The highest BCUT2D eigenvalue weighted by molar-refractivity contribution is 6.04. The second-order valence-electron chi connectivity index (χ2n) is 7.21. The molecule has 4 nitrogen and oxygen atoms in total. The number of carbonyl (C=O) groups is 1. The molecule has 1 aromatic heterocycles. The molecule has 1 amide bonds. The summed E-state index contributed by atoms with van der Waals surface area (Å²) in [6, 6.07) is 10.4. The van der Waals surface area contributed by atoms with E-state index in [2.05, 4.69) is 11.1 Å². The van der Waals surface area contributed by atoms with Crippen LogP contribution < -0.4 is 0 Å². The molecule has 2 aromatic rings. The summed E-state index contributed by atoms with van der Waals surface area (Å²) in [5, 5.41) is 10.7. The molecule has 25 heavy (non-hydrogen) atoms. The van der Waals surface area contributed by atoms with Crippen molar-refractivity contribution in [2.24, 2.45) is 5.92 Å². The van der Waals surface area contributed by atoms with Crippen LogP contribution in [0.4, 0.5) is 0 Å². The fourth-order valence-corrected chi connectivity index (χ4v) is 4.54. The van der Waals surface area contributed by atoms with Gasteiger partial charge < -0.3 is 9.88 Å². The number of aromatic amines is 1. The van der Waals surface area contributed by atoms with Gasteiger partial charge in [0.2, 0.25) is 0 Å². The molecule has 4 heteroatoms. The van der Waals surface area contributed by atoms with Crippen molar-refractivity contribution < 1.29 is 4.79 Å². The predicted octanol–water partition coefficient (Wildman–Crippen LogP) is 4.26. The number of aromatic nitrogens is 1. The third kappa shape index (κ3) is 2.95. The van der Waals surface area contributed by atoms with Crippen LogP contribution in [-0.4, -0.2) is 28.4 Å². The van der Waals surface area contributed by atoms with Gasteiger partial charge >= 0.3 is 0 Å². The van der Waals surface area contributed by atoms with Crippen molar-refractivity contribution in [3.05, 3.63) is 41.6 Å². The SMILES string of the molecule is N#CC(=Cc1c[nH]c2ccccc12)C(=O)N1CCCC2CCCCC21. The Labute approximate surface area is 148 Å². The van der Waals surface area contributed by atoms with Crippen LogP contribution >= 0.6 is 0 Å². The summed E-state index contributed by atoms with van der Waals surface area (Å²) in [5.74, 6) is 0.531. The molecule has 1 N–H and O–H groups in total. The molecule has 1 saturated heterocycles. The van der Waals surface area contributed by atoms with E-state index in [9.17, 15) is 10.1 Å². The van der Waals surface area contributed by atoms with E-state index < -0.39 is 0 Å². The van der Waals surface area contributed by atoms with Gasteiger partial charge in [0, 0.05) is 35.2 Å². The molecule has 0 spiro atoms. The number of likely N-dealkylation sites (tertiary alicyclic amines) is 1. The Kier molecular flexibility index (Phi) is 4.31. The number of piperidine rings is 1. The first-order valence-electron chi connectivity index (χ1n) is 9.27. The van der Waals surface area contributed by atoms with Crippen LogP contribution in [0.25, 0.3) is 17.0 Å². The lowest BCUT2D eigenvalue weighted by Gasteiger charge is -2.44. The van der Waals surface area contributed by atoms with Gasteiger partial charge in [-0.3, -0.25) is 4.79 Å². The third-order valence-corrected chi connectivity index (χ3v) is 5.78. The zero-order chi connectivity index (χ0) is 17.2. The Hall–Kier alpha value is -2.54. The average Bonchev–Trinajstić information content (AvgIpc) is 3.08. The first-order valence-corrected chi connectivity index (χ1v) is 9.27. The number of hydrogen-bond donors (Lipinski definition) is 1. The number of nitrogens with one attached hydrogen (secondary N) is 1. The molecule has 1 saturated carbocycles. The van der Waals surface area contributed by atoms with Crippen LogP contribution in [0, 0.1) is 17.2 Å². The minimum Gasteiger partial charge on any atom is -0.361 e. The summed E-state index contributed by atoms with van der Waals surface area (Å²) in [4.78, 5) is 18.3. The van der Waals surface area contributed by atoms with Gasteiger partial charge in [-0.1, -0.05) is 31.0 Å². The van der Waals surface area contributed by atoms with Crippen LogP contribution in [0.5, 0.6) is 0 Å². The molecule has 2 fully saturated rings. The Bertz CT molecular complexity index is 855. The van der Waals surface area contributed by atoms with E-state index in [1.54, 1.807) is 6.08 Å². The topological polar surface area (TPSA) is 59.9 Å². The quantitative estimate of drug-likeness (QED) is 0.659. The maximum absolute atomic E-state index is 13.1. The maximum atomic E-state index is 13.1. The van der Waals surface area contributed by atoms with E-state index in [1.807, 2.05) is 35.4 Å². The smallest absolute Gasteiger partial charge is 0.264 e. The molecule has 1 aliphatic heterocycles. The number of nitrogens with zero attached hydrogens (tertiary/aromatic N) is 2. The van der Waals surface area contributed by atoms with Gasteiger partial charge in [0.1, 0.15) is 11.6 Å². The van der Waals surface area contributed by atoms with Crippen molar-refractivity contribution >= 4 is 22.9 Å². The molecule has 0 radical (unpaired) electrons. The van der Waals surface area contributed by atoms with Crippen molar-refractivity contribution in [2.45, 2.75) is 44.6 Å². The third-order valence-electron chi connectivity index (χ3n) is 5.78. The zero-order valence-electron chi connectivity index (χ0n) is 14.4. The van der Waals surface area contributed by atoms with Gasteiger partial charge in [0.15, 0.2) is 0 Å². The van der Waals surface area contributed by atoms with Crippen molar-refractivity contribution in [1.29, 1.82) is 5.26 Å². The number of para-hydroxylation sites is 1. The molecular formula is C21H23N3O. The van der Waals surface area contributed by atoms with E-state index in [0.29, 0.717) is 12.0 Å². The lowest BCUT2D eigenvalue weighted by Crippen LogP contribution is -2.50. The Balaban J connectivity index is 1.64. The average molecular weight is 333 g/mol. The number of hydrogen-bond acceptors (Lipinski definition) is 2. The summed E-state index contributed by atoms with van der Waals surface area (Å²) < 4.78 is 0. The van der Waals surface area contributed by atoms with Crippen molar-refractivity contribution in [3.8, 4) is 6.07 Å². The van der Waals surface area contributed by atoms with Gasteiger partial charge in [-0.2, -0.15) is 5.26 Å². The second kappa shape index (κ2) is 6.76. The van der Waals surface area contributed by atoms with E-state index >= 15 is 0 Å². The molecule has 2 aliphatic rings. The van der Waals surface area contributed by atoms with Gasteiger partial charge in [0.25, 0.3) is 5.91 Å². The van der Waals surface area contributed by atoms with E-state index in [-0.39, 0.29) is 11.5 Å². The number of amides is 1. The predicted molar refractivity (Wildman–Crippen MR) is 98.6 cm³/mol. The highest BCUT2D eigenvalue weighted by atomic mass is 16.2. The van der Waals surface area contributed by atoms with Gasteiger partial charge in [-0.25, -0.2) is 0 Å². The largest absolute Gasteiger partial charge is 0.361 e. The number of H-pyrrole nitrogens is 1. The van der Waals surface area contributed by atoms with Crippen LogP contribution in [0.15, 0.2) is 36.0 Å². The number of nitriles is 1. The maximum Gasteiger partial charge on any atom is 0.264 e. The number of benzene rings is 1. The summed E-state index contributed by atoms with van der Waals surface area (Å²) in [7, 11) is 0. The van der Waals surface area contributed by atoms with Crippen LogP contribution in [-0.2, 0) is 4.79 Å². The molecule has 2 unspecified atom stereocenters. The molecule has 128 valence electrons. The summed E-state index contributed by atoms with van der Waals surface area (Å²) in [6.45, 7) is 0.785. The van der Waals surface area contributed by atoms with Crippen molar-refractivity contribution in [2.75, 3.05) is 6.54 Å². The van der Waals surface area contributed by atoms with Crippen LogP contribution in [0.3, 0.4) is 0 Å². The Morgan fingerprint density at radius 2 is 2.00 bits per heavy atom. The standard InChI is InChI=1S/C21H23N3O/c22-13-16(12-17-14-23-19-9-3-2-8-18(17)19)21(25)24-11-5-7-15-6-1-4-10-20(15)24/h2-3,8-9,12,14-15,20,23H,1,4-7,10-11H2. The summed E-state index contributed by atoms with van der Waals surface area (Å²) in [6.07, 6.45) is 10.7. The Morgan fingerprint density at radius 1 is 1.20 bits per heavy atom. The lowest BCUT2D eigenvalue weighted by atomic mass is 9.78. The molecule has 1 aliphatic carbocycles. The van der Waals surface area contributed by atoms with E-state index in [0.717, 1.165) is 35.9 Å². The van der Waals surface area contributed by atoms with Crippen LogP contribution in [0.1, 0.15) is 44.1 Å². The minimum atomic E-state index is -0.0932. The highest BCUT2D eigenvalue weighted by Gasteiger charge is 2.36. The monoisotopic (exact) mass is 333 g/mol. The van der Waals surface area contributed by atoms with E-state index in [1.165, 1.54) is 25.7 Å². The lowest BCUT2D eigenvalue weighted by molar-refractivity contribution is -0.132. The zero-order valence-corrected chi connectivity index (χ0v) is 14.4. The molecule has 0 bridgehead atoms. The number of carbonyl (C=O) groups excluding carboxylic acids is 1. The van der Waals surface area contributed by atoms with Crippen molar-refractivity contribution in [1.82, 2.24) is 9.88 Å². The van der Waals surface area contributed by atoms with Crippen molar-refractivity contribution in [3.63, 3.8) is 0 Å². The first-order chi connectivity index (χ1) is 12.3.